The van der Waals surface area contributed by atoms with Gasteiger partial charge in [0.1, 0.15) is 5.82 Å². The summed E-state index contributed by atoms with van der Waals surface area (Å²) in [5, 5.41) is 13.8. The van der Waals surface area contributed by atoms with Crippen molar-refractivity contribution in [3.8, 4) is 0 Å². The van der Waals surface area contributed by atoms with Crippen LogP contribution in [0.2, 0.25) is 0 Å². The van der Waals surface area contributed by atoms with Gasteiger partial charge in [0.2, 0.25) is 5.91 Å². The van der Waals surface area contributed by atoms with E-state index >= 15 is 0 Å². The van der Waals surface area contributed by atoms with Crippen molar-refractivity contribution in [2.75, 3.05) is 37.7 Å². The number of hydrogen-bond acceptors (Lipinski definition) is 8. The zero-order chi connectivity index (χ0) is 28.5. The number of amides is 2. The van der Waals surface area contributed by atoms with Crippen LogP contribution in [0.1, 0.15) is 37.0 Å². The summed E-state index contributed by atoms with van der Waals surface area (Å²) in [6, 6.07) is -0.166. The van der Waals surface area contributed by atoms with E-state index in [-0.39, 0.29) is 62.5 Å². The van der Waals surface area contributed by atoms with Gasteiger partial charge in [0, 0.05) is 31.4 Å². The van der Waals surface area contributed by atoms with E-state index in [9.17, 15) is 41.0 Å². The van der Waals surface area contributed by atoms with Crippen LogP contribution in [0.15, 0.2) is 22.4 Å². The predicted molar refractivity (Wildman–Crippen MR) is 125 cm³/mol. The van der Waals surface area contributed by atoms with Gasteiger partial charge in [-0.05, 0) is 19.4 Å². The number of nitrogens with zero attached hydrogens (tertiary/aromatic N) is 5. The van der Waals surface area contributed by atoms with Crippen LogP contribution < -0.4 is 10.3 Å². The van der Waals surface area contributed by atoms with Gasteiger partial charge in [-0.1, -0.05) is 0 Å². The maximum absolute atomic E-state index is 13.2. The Kier molecular flexibility index (Phi) is 8.16. The smallest absolute Gasteiger partial charge is 0.388 e. The highest BCUT2D eigenvalue weighted by Gasteiger charge is 2.49. The Balaban J connectivity index is 1.27. The number of halogens is 6. The molecule has 3 aliphatic heterocycles. The lowest BCUT2D eigenvalue weighted by molar-refractivity contribution is -0.168. The molecule has 39 heavy (non-hydrogen) atoms. The number of fused-ring (bicyclic) bond motifs is 3. The largest absolute Gasteiger partial charge is 0.417 e. The van der Waals surface area contributed by atoms with E-state index in [0.717, 1.165) is 18.5 Å². The van der Waals surface area contributed by atoms with Crippen LogP contribution in [0.25, 0.3) is 0 Å². The number of carbonyl (C=O) groups excluding carboxylic acids is 2. The molecule has 4 atom stereocenters. The van der Waals surface area contributed by atoms with E-state index in [1.165, 1.54) is 6.92 Å². The average molecular weight is 564 g/mol. The molecule has 3 unspecified atom stereocenters. The number of pyridine rings is 1. The molecule has 10 nitrogen and oxygen atoms in total. The van der Waals surface area contributed by atoms with Crippen molar-refractivity contribution in [3.63, 3.8) is 0 Å². The molecule has 0 bridgehead atoms. The summed E-state index contributed by atoms with van der Waals surface area (Å²) >= 11 is 0. The number of alkyl halides is 6. The molecule has 0 aromatic carbocycles. The third-order valence-corrected chi connectivity index (χ3v) is 6.63. The summed E-state index contributed by atoms with van der Waals surface area (Å²) in [5.74, 6) is -3.73. The highest BCUT2D eigenvalue weighted by molar-refractivity contribution is 6.37. The summed E-state index contributed by atoms with van der Waals surface area (Å²) < 4.78 is 84.1. The molecular formula is C23H26F6N6O4. The lowest BCUT2D eigenvalue weighted by atomic mass is 9.93. The number of ether oxygens (including phenoxy) is 1. The molecule has 0 spiro atoms. The van der Waals surface area contributed by atoms with Gasteiger partial charge in [0.05, 0.1) is 55.3 Å². The molecule has 4 rings (SSSR count). The maximum Gasteiger partial charge on any atom is 0.417 e. The van der Waals surface area contributed by atoms with Crippen molar-refractivity contribution < 1.29 is 45.8 Å². The monoisotopic (exact) mass is 564 g/mol. The molecule has 2 N–H and O–H groups in total. The molecule has 3 aliphatic rings. The second-order valence-corrected chi connectivity index (χ2v) is 9.51. The number of hydrazone groups is 1. The fraction of sp³-hybridized carbons (Fsp3) is 0.609. The van der Waals surface area contributed by atoms with Gasteiger partial charge < -0.3 is 19.6 Å². The molecule has 1 aromatic rings. The SMILES string of the molecule is C[C@@H](COCCC(=O)N1CCN2c3ncc(C(F)(F)F)cc3C(O)CC2C1)N=C1C=NNC(=O)C1C(F)(F)F. The van der Waals surface area contributed by atoms with Gasteiger partial charge in [-0.3, -0.25) is 14.6 Å². The van der Waals surface area contributed by atoms with Crippen LogP contribution in [-0.4, -0.2) is 89.8 Å². The number of hydrogen-bond donors (Lipinski definition) is 2. The molecule has 16 heteroatoms. The Bertz CT molecular complexity index is 1160. The Morgan fingerprint density at radius 2 is 2.03 bits per heavy atom. The molecule has 1 aromatic heterocycles. The maximum atomic E-state index is 13.2. The topological polar surface area (TPSA) is 120 Å². The fourth-order valence-corrected chi connectivity index (χ4v) is 4.78. The first-order chi connectivity index (χ1) is 18.3. The van der Waals surface area contributed by atoms with Gasteiger partial charge in [-0.15, -0.1) is 0 Å². The van der Waals surface area contributed by atoms with Crippen LogP contribution in [0.4, 0.5) is 32.2 Å². The number of aromatic nitrogens is 1. The first kappa shape index (κ1) is 28.7. The predicted octanol–water partition coefficient (Wildman–Crippen LogP) is 2.08. The quantitative estimate of drug-likeness (QED) is 0.404. The van der Waals surface area contributed by atoms with E-state index in [1.807, 2.05) is 0 Å². The molecule has 0 aliphatic carbocycles. The first-order valence-electron chi connectivity index (χ1n) is 12.1. The summed E-state index contributed by atoms with van der Waals surface area (Å²) in [6.45, 7) is 2.23. The standard InChI is InChI=1S/C23H26F6N6O4/c1-12(32-16-9-31-33-21(38)19(16)23(27,28)29)11-39-5-2-18(37)34-3-4-35-14(10-34)7-17(36)15-6-13(22(24,25)26)8-30-20(15)35/h6,8-9,12,14,17,19,36H,2-5,7,10-11H2,1H3,(H,33,38)/t12-,14?,17?,19?/m0/s1. The lowest BCUT2D eigenvalue weighted by Crippen LogP contribution is -2.57. The van der Waals surface area contributed by atoms with Crippen LogP contribution in [-0.2, 0) is 20.5 Å². The van der Waals surface area contributed by atoms with Crippen LogP contribution in [0.3, 0.4) is 0 Å². The summed E-state index contributed by atoms with van der Waals surface area (Å²) in [6.07, 6.45) is -8.88. The molecule has 214 valence electrons. The minimum Gasteiger partial charge on any atom is -0.388 e. The summed E-state index contributed by atoms with van der Waals surface area (Å²) in [7, 11) is 0. The number of carbonyl (C=O) groups is 2. The molecule has 0 saturated carbocycles. The third-order valence-electron chi connectivity index (χ3n) is 6.63. The number of anilines is 1. The Hall–Kier alpha value is -3.27. The molecule has 1 fully saturated rings. The van der Waals surface area contributed by atoms with Crippen molar-refractivity contribution in [1.82, 2.24) is 15.3 Å². The molecule has 4 heterocycles. The van der Waals surface area contributed by atoms with Crippen molar-refractivity contribution >= 4 is 29.6 Å². The van der Waals surface area contributed by atoms with Crippen molar-refractivity contribution in [2.45, 2.75) is 50.3 Å². The second kappa shape index (κ2) is 11.1. The molecule has 2 amide bonds. The number of piperazine rings is 1. The minimum atomic E-state index is -4.83. The van der Waals surface area contributed by atoms with Gasteiger partial charge in [0.15, 0.2) is 5.92 Å². The van der Waals surface area contributed by atoms with E-state index in [4.69, 9.17) is 4.74 Å². The van der Waals surface area contributed by atoms with Crippen molar-refractivity contribution in [3.05, 3.63) is 23.4 Å². The van der Waals surface area contributed by atoms with E-state index in [0.29, 0.717) is 6.54 Å². The van der Waals surface area contributed by atoms with E-state index in [1.54, 1.807) is 15.2 Å². The van der Waals surface area contributed by atoms with Crippen molar-refractivity contribution in [2.24, 2.45) is 16.0 Å². The number of aliphatic imine (C=N–C) groups is 1. The molecular weight excluding hydrogens is 538 g/mol. The third kappa shape index (κ3) is 6.49. The highest BCUT2D eigenvalue weighted by atomic mass is 19.4. The Labute approximate surface area is 218 Å². The zero-order valence-corrected chi connectivity index (χ0v) is 20.7. The Morgan fingerprint density at radius 1 is 1.28 bits per heavy atom. The summed E-state index contributed by atoms with van der Waals surface area (Å²) in [4.78, 5) is 35.5. The fourth-order valence-electron chi connectivity index (χ4n) is 4.78. The Morgan fingerprint density at radius 3 is 2.72 bits per heavy atom. The first-order valence-corrected chi connectivity index (χ1v) is 12.1. The number of nitrogens with one attached hydrogen (secondary N) is 1. The van der Waals surface area contributed by atoms with Crippen LogP contribution >= 0.6 is 0 Å². The number of aliphatic hydroxyl groups is 1. The number of rotatable bonds is 6. The van der Waals surface area contributed by atoms with E-state index in [2.05, 4.69) is 15.1 Å². The zero-order valence-electron chi connectivity index (χ0n) is 20.7. The van der Waals surface area contributed by atoms with Crippen molar-refractivity contribution in [1.29, 1.82) is 0 Å². The highest BCUT2D eigenvalue weighted by Crippen LogP contribution is 2.40. The van der Waals surface area contributed by atoms with Crippen LogP contribution in [0, 0.1) is 5.92 Å². The van der Waals surface area contributed by atoms with Gasteiger partial charge in [-0.25, -0.2) is 10.4 Å². The van der Waals surface area contributed by atoms with Gasteiger partial charge in [-0.2, -0.15) is 31.4 Å². The normalized spacial score (nSPS) is 25.3. The van der Waals surface area contributed by atoms with Gasteiger partial charge in [0.25, 0.3) is 5.91 Å². The minimum absolute atomic E-state index is 0.0165. The second-order valence-electron chi connectivity index (χ2n) is 9.51. The molecule has 0 radical (unpaired) electrons. The number of aliphatic hydroxyl groups excluding tert-OH is 1. The van der Waals surface area contributed by atoms with Gasteiger partial charge >= 0.3 is 12.4 Å². The summed E-state index contributed by atoms with van der Waals surface area (Å²) in [5.41, 5.74) is 0.400. The average Bonchev–Trinajstić information content (AvgIpc) is 2.84. The molecule has 1 saturated heterocycles. The lowest BCUT2D eigenvalue weighted by Gasteiger charge is -2.46. The van der Waals surface area contributed by atoms with E-state index < -0.39 is 47.6 Å². The van der Waals surface area contributed by atoms with Crippen LogP contribution in [0.5, 0.6) is 0 Å².